The Morgan fingerprint density at radius 1 is 0.619 bits per heavy atom. The zero-order chi connectivity index (χ0) is 16.0. The van der Waals surface area contributed by atoms with E-state index < -0.39 is 8.80 Å². The molecule has 0 radical (unpaired) electrons. The molecule has 0 aromatic rings. The third-order valence-corrected chi connectivity index (χ3v) is 7.50. The Morgan fingerprint density at radius 2 is 1.10 bits per heavy atom. The van der Waals surface area contributed by atoms with Crippen LogP contribution in [-0.4, -0.2) is 28.6 Å². The minimum atomic E-state index is -2.52. The average Bonchev–Trinajstić information content (AvgIpc) is 2.47. The molecule has 3 nitrogen and oxygen atoms in total. The smallest absolute Gasteiger partial charge is 0.374 e. The maximum absolute atomic E-state index is 6.12. The highest BCUT2D eigenvalue weighted by Gasteiger charge is 2.48. The molecule has 0 aromatic heterocycles. The van der Waals surface area contributed by atoms with Gasteiger partial charge in [-0.2, -0.15) is 0 Å². The van der Waals surface area contributed by atoms with Crippen molar-refractivity contribution in [2.75, 3.05) is 19.8 Å². The lowest BCUT2D eigenvalue weighted by molar-refractivity contribution is 0.0580. The standard InChI is InChI=1S/C17H38O3Si/c1-6-11-13-14-16-17(15-12-7-2)21(18-8-3,19-9-4)20-10-5/h17H,6-16H2,1-5H3. The molecule has 4 heteroatoms. The normalized spacial score (nSPS) is 13.6. The van der Waals surface area contributed by atoms with Crippen molar-refractivity contribution in [3.05, 3.63) is 0 Å². The maximum atomic E-state index is 6.12. The van der Waals surface area contributed by atoms with Gasteiger partial charge in [-0.15, -0.1) is 0 Å². The van der Waals surface area contributed by atoms with Crippen molar-refractivity contribution in [3.8, 4) is 0 Å². The molecule has 0 heterocycles. The van der Waals surface area contributed by atoms with Crippen LogP contribution >= 0.6 is 0 Å². The molecular formula is C17H38O3Si. The first-order chi connectivity index (χ1) is 10.2. The molecule has 1 atom stereocenters. The second kappa shape index (κ2) is 13.7. The van der Waals surface area contributed by atoms with Crippen LogP contribution in [0.3, 0.4) is 0 Å². The maximum Gasteiger partial charge on any atom is 0.504 e. The lowest BCUT2D eigenvalue weighted by atomic mass is 10.1. The van der Waals surface area contributed by atoms with E-state index in [9.17, 15) is 0 Å². The first-order valence-corrected chi connectivity index (χ1v) is 10.9. The van der Waals surface area contributed by atoms with Gasteiger partial charge in [-0.1, -0.05) is 52.4 Å². The van der Waals surface area contributed by atoms with Crippen molar-refractivity contribution >= 4 is 8.80 Å². The molecule has 1 unspecified atom stereocenters. The SMILES string of the molecule is CCCCCCC(CCCC)[Si](OCC)(OCC)OCC. The van der Waals surface area contributed by atoms with Gasteiger partial charge >= 0.3 is 8.80 Å². The van der Waals surface area contributed by atoms with Crippen LogP contribution in [0.2, 0.25) is 5.54 Å². The molecule has 0 amide bonds. The van der Waals surface area contributed by atoms with Gasteiger partial charge in [-0.05, 0) is 33.6 Å². The molecule has 0 saturated heterocycles. The predicted molar refractivity (Wildman–Crippen MR) is 92.7 cm³/mol. The zero-order valence-corrected chi connectivity index (χ0v) is 16.1. The van der Waals surface area contributed by atoms with Gasteiger partial charge in [-0.3, -0.25) is 0 Å². The highest BCUT2D eigenvalue weighted by atomic mass is 28.4. The van der Waals surface area contributed by atoms with E-state index in [4.69, 9.17) is 13.3 Å². The van der Waals surface area contributed by atoms with Gasteiger partial charge in [0, 0.05) is 25.4 Å². The number of rotatable bonds is 15. The minimum absolute atomic E-state index is 0.467. The first kappa shape index (κ1) is 21.1. The molecule has 0 N–H and O–H groups in total. The summed E-state index contributed by atoms with van der Waals surface area (Å²) in [6.45, 7) is 12.7. The molecule has 0 aliphatic heterocycles. The monoisotopic (exact) mass is 318 g/mol. The third-order valence-electron chi connectivity index (χ3n) is 3.85. The van der Waals surface area contributed by atoms with E-state index in [0.717, 1.165) is 0 Å². The van der Waals surface area contributed by atoms with E-state index in [1.807, 2.05) is 20.8 Å². The molecule has 0 rings (SSSR count). The molecule has 128 valence electrons. The van der Waals surface area contributed by atoms with Crippen molar-refractivity contribution in [1.82, 2.24) is 0 Å². The molecule has 21 heavy (non-hydrogen) atoms. The van der Waals surface area contributed by atoms with Crippen LogP contribution in [0.1, 0.15) is 86.0 Å². The Kier molecular flexibility index (Phi) is 13.8. The van der Waals surface area contributed by atoms with Crippen molar-refractivity contribution < 1.29 is 13.3 Å². The third kappa shape index (κ3) is 8.34. The van der Waals surface area contributed by atoms with Crippen LogP contribution < -0.4 is 0 Å². The van der Waals surface area contributed by atoms with Crippen LogP contribution in [-0.2, 0) is 13.3 Å². The zero-order valence-electron chi connectivity index (χ0n) is 15.1. The molecule has 0 aliphatic carbocycles. The summed E-state index contributed by atoms with van der Waals surface area (Å²) in [4.78, 5) is 0. The molecule has 0 aromatic carbocycles. The quantitative estimate of drug-likeness (QED) is 0.292. The van der Waals surface area contributed by atoms with Crippen LogP contribution in [0, 0.1) is 0 Å². The largest absolute Gasteiger partial charge is 0.504 e. The van der Waals surface area contributed by atoms with E-state index in [-0.39, 0.29) is 0 Å². The fourth-order valence-corrected chi connectivity index (χ4v) is 6.13. The van der Waals surface area contributed by atoms with Gasteiger partial charge in [0.15, 0.2) is 0 Å². The minimum Gasteiger partial charge on any atom is -0.374 e. The van der Waals surface area contributed by atoms with E-state index in [2.05, 4.69) is 13.8 Å². The van der Waals surface area contributed by atoms with E-state index in [0.29, 0.717) is 25.4 Å². The second-order valence-corrected chi connectivity index (χ2v) is 8.48. The molecule has 0 aliphatic rings. The van der Waals surface area contributed by atoms with Crippen molar-refractivity contribution in [2.24, 2.45) is 0 Å². The highest BCUT2D eigenvalue weighted by Crippen LogP contribution is 2.35. The van der Waals surface area contributed by atoms with Crippen LogP contribution in [0.25, 0.3) is 0 Å². The van der Waals surface area contributed by atoms with Gasteiger partial charge in [-0.25, -0.2) is 0 Å². The number of hydrogen-bond acceptors (Lipinski definition) is 3. The van der Waals surface area contributed by atoms with Crippen LogP contribution in [0.15, 0.2) is 0 Å². The van der Waals surface area contributed by atoms with Crippen LogP contribution in [0.4, 0.5) is 0 Å². The number of unbranched alkanes of at least 4 members (excludes halogenated alkanes) is 4. The molecule has 0 fully saturated rings. The molecule has 0 saturated carbocycles. The van der Waals surface area contributed by atoms with Crippen molar-refractivity contribution in [1.29, 1.82) is 0 Å². The highest BCUT2D eigenvalue weighted by molar-refractivity contribution is 6.62. The summed E-state index contributed by atoms with van der Waals surface area (Å²) in [7, 11) is -2.52. The summed E-state index contributed by atoms with van der Waals surface area (Å²) in [6, 6.07) is 0. The Labute approximate surface area is 134 Å². The van der Waals surface area contributed by atoms with Gasteiger partial charge in [0.05, 0.1) is 0 Å². The summed E-state index contributed by atoms with van der Waals surface area (Å²) in [5.74, 6) is 0. The average molecular weight is 319 g/mol. The summed E-state index contributed by atoms with van der Waals surface area (Å²) in [6.07, 6.45) is 10.0. The van der Waals surface area contributed by atoms with Crippen molar-refractivity contribution in [3.63, 3.8) is 0 Å². The second-order valence-electron chi connectivity index (χ2n) is 5.59. The lowest BCUT2D eigenvalue weighted by Crippen LogP contribution is -2.50. The lowest BCUT2D eigenvalue weighted by Gasteiger charge is -2.35. The number of hydrogen-bond donors (Lipinski definition) is 0. The van der Waals surface area contributed by atoms with Crippen molar-refractivity contribution in [2.45, 2.75) is 91.5 Å². The Balaban J connectivity index is 4.84. The van der Waals surface area contributed by atoms with Gasteiger partial charge in [0.25, 0.3) is 0 Å². The summed E-state index contributed by atoms with van der Waals surface area (Å²) in [5.41, 5.74) is 0.467. The summed E-state index contributed by atoms with van der Waals surface area (Å²) < 4.78 is 18.4. The van der Waals surface area contributed by atoms with Gasteiger partial charge < -0.3 is 13.3 Å². The predicted octanol–water partition coefficient (Wildman–Crippen LogP) is 5.57. The summed E-state index contributed by atoms with van der Waals surface area (Å²) >= 11 is 0. The van der Waals surface area contributed by atoms with E-state index in [1.165, 1.54) is 51.4 Å². The van der Waals surface area contributed by atoms with Gasteiger partial charge in [0.2, 0.25) is 0 Å². The molecular weight excluding hydrogens is 280 g/mol. The molecule has 0 spiro atoms. The first-order valence-electron chi connectivity index (χ1n) is 9.12. The fourth-order valence-electron chi connectivity index (χ4n) is 2.85. The summed E-state index contributed by atoms with van der Waals surface area (Å²) in [5, 5.41) is 0. The Bertz CT molecular complexity index is 207. The van der Waals surface area contributed by atoms with E-state index in [1.54, 1.807) is 0 Å². The van der Waals surface area contributed by atoms with Gasteiger partial charge in [0.1, 0.15) is 0 Å². The molecule has 0 bridgehead atoms. The van der Waals surface area contributed by atoms with E-state index >= 15 is 0 Å². The van der Waals surface area contributed by atoms with Crippen LogP contribution in [0.5, 0.6) is 0 Å². The Hall–Kier alpha value is 0.0969. The topological polar surface area (TPSA) is 27.7 Å². The fraction of sp³-hybridized carbons (Fsp3) is 1.00. The Morgan fingerprint density at radius 3 is 1.52 bits per heavy atom.